The number of nitrogens with zero attached hydrogens (tertiary/aromatic N) is 3. The highest BCUT2D eigenvalue weighted by Crippen LogP contribution is 2.21. The van der Waals surface area contributed by atoms with Crippen LogP contribution in [0.1, 0.15) is 27.2 Å². The number of aromatic nitrogens is 3. The van der Waals surface area contributed by atoms with Crippen molar-refractivity contribution >= 4 is 17.0 Å². The maximum Gasteiger partial charge on any atom is 0.180 e. The van der Waals surface area contributed by atoms with Crippen LogP contribution in [0, 0.1) is 5.92 Å². The van der Waals surface area contributed by atoms with Gasteiger partial charge in [-0.25, -0.2) is 9.97 Å². The van der Waals surface area contributed by atoms with E-state index in [1.807, 2.05) is 12.1 Å². The summed E-state index contributed by atoms with van der Waals surface area (Å²) in [4.78, 5) is 12.9. The molecule has 102 valence electrons. The van der Waals surface area contributed by atoms with Crippen LogP contribution in [-0.2, 0) is 0 Å². The predicted octanol–water partition coefficient (Wildman–Crippen LogP) is 2.20. The predicted molar refractivity (Wildman–Crippen MR) is 77.9 cm³/mol. The molecule has 0 fully saturated rings. The summed E-state index contributed by atoms with van der Waals surface area (Å²) in [7, 11) is 0. The Hall–Kier alpha value is -1.75. The first-order valence-electron chi connectivity index (χ1n) is 6.58. The van der Waals surface area contributed by atoms with Crippen molar-refractivity contribution in [3.8, 4) is 0 Å². The summed E-state index contributed by atoms with van der Waals surface area (Å²) < 4.78 is 0. The van der Waals surface area contributed by atoms with Gasteiger partial charge < -0.3 is 11.1 Å². The van der Waals surface area contributed by atoms with Crippen molar-refractivity contribution in [1.82, 2.24) is 15.0 Å². The van der Waals surface area contributed by atoms with Gasteiger partial charge in [0.25, 0.3) is 0 Å². The number of hydrogen-bond acceptors (Lipinski definition) is 5. The van der Waals surface area contributed by atoms with Crippen molar-refractivity contribution in [3.05, 3.63) is 24.5 Å². The average Bonchev–Trinajstić information content (AvgIpc) is 2.37. The number of nitrogens with two attached hydrogens (primary N) is 1. The summed E-state index contributed by atoms with van der Waals surface area (Å²) in [5.74, 6) is 1.36. The fourth-order valence-corrected chi connectivity index (χ4v) is 2.32. The Morgan fingerprint density at radius 2 is 2.00 bits per heavy atom. The van der Waals surface area contributed by atoms with E-state index in [2.05, 4.69) is 41.0 Å². The topological polar surface area (TPSA) is 76.7 Å². The Balaban J connectivity index is 2.24. The molecule has 0 spiro atoms. The highest BCUT2D eigenvalue weighted by Gasteiger charge is 2.24. The molecule has 0 aliphatic rings. The van der Waals surface area contributed by atoms with Crippen molar-refractivity contribution in [2.75, 3.05) is 11.9 Å². The van der Waals surface area contributed by atoms with E-state index in [9.17, 15) is 0 Å². The van der Waals surface area contributed by atoms with Gasteiger partial charge in [0.15, 0.2) is 5.65 Å². The Kier molecular flexibility index (Phi) is 3.95. The molecule has 1 atom stereocenters. The number of nitrogens with one attached hydrogen (secondary N) is 1. The van der Waals surface area contributed by atoms with E-state index in [0.29, 0.717) is 18.1 Å². The monoisotopic (exact) mass is 259 g/mol. The van der Waals surface area contributed by atoms with Crippen molar-refractivity contribution in [3.63, 3.8) is 0 Å². The van der Waals surface area contributed by atoms with E-state index in [-0.39, 0.29) is 5.54 Å². The second-order valence-corrected chi connectivity index (χ2v) is 5.58. The molecule has 2 rings (SSSR count). The van der Waals surface area contributed by atoms with E-state index in [0.717, 1.165) is 17.8 Å². The van der Waals surface area contributed by atoms with Crippen molar-refractivity contribution in [2.45, 2.75) is 32.7 Å². The van der Waals surface area contributed by atoms with Crippen LogP contribution < -0.4 is 11.1 Å². The Labute approximate surface area is 113 Å². The summed E-state index contributed by atoms with van der Waals surface area (Å²) in [5.41, 5.74) is 7.19. The molecule has 0 bridgehead atoms. The first kappa shape index (κ1) is 13.7. The number of hydrogen-bond donors (Lipinski definition) is 2. The third-order valence-electron chi connectivity index (χ3n) is 3.07. The molecule has 3 N–H and O–H groups in total. The molecule has 0 radical (unpaired) electrons. The van der Waals surface area contributed by atoms with Crippen LogP contribution in [0.25, 0.3) is 11.2 Å². The Morgan fingerprint density at radius 1 is 1.26 bits per heavy atom. The van der Waals surface area contributed by atoms with Gasteiger partial charge in [-0.05, 0) is 31.4 Å². The second-order valence-electron chi connectivity index (χ2n) is 5.58. The lowest BCUT2D eigenvalue weighted by molar-refractivity contribution is 0.406. The number of rotatable bonds is 5. The van der Waals surface area contributed by atoms with Gasteiger partial charge in [0.2, 0.25) is 0 Å². The fraction of sp³-hybridized carbons (Fsp3) is 0.500. The first-order valence-corrected chi connectivity index (χ1v) is 6.58. The van der Waals surface area contributed by atoms with Crippen LogP contribution in [0.15, 0.2) is 24.5 Å². The SMILES string of the molecule is CC(C)CC(C)(CN)Nc1ccc2nccnc2n1. The number of fused-ring (bicyclic) bond motifs is 1. The minimum atomic E-state index is -0.156. The van der Waals surface area contributed by atoms with Crippen LogP contribution in [0.4, 0.5) is 5.82 Å². The van der Waals surface area contributed by atoms with E-state index in [1.165, 1.54) is 0 Å². The van der Waals surface area contributed by atoms with Gasteiger partial charge in [0, 0.05) is 24.5 Å². The molecule has 5 heteroatoms. The standard InChI is InChI=1S/C14H21N5/c1-10(2)8-14(3,9-15)19-12-5-4-11-13(18-12)17-7-6-16-11/h4-7,10H,8-9,15H2,1-3H3,(H,17,18,19). The summed E-state index contributed by atoms with van der Waals surface area (Å²) >= 11 is 0. The highest BCUT2D eigenvalue weighted by molar-refractivity contribution is 5.71. The first-order chi connectivity index (χ1) is 9.02. The molecular weight excluding hydrogens is 238 g/mol. The van der Waals surface area contributed by atoms with Crippen molar-refractivity contribution in [1.29, 1.82) is 0 Å². The van der Waals surface area contributed by atoms with Crippen molar-refractivity contribution < 1.29 is 0 Å². The number of anilines is 1. The fourth-order valence-electron chi connectivity index (χ4n) is 2.32. The lowest BCUT2D eigenvalue weighted by atomic mass is 9.91. The van der Waals surface area contributed by atoms with E-state index >= 15 is 0 Å². The largest absolute Gasteiger partial charge is 0.364 e. The van der Waals surface area contributed by atoms with Crippen LogP contribution in [0.3, 0.4) is 0 Å². The van der Waals surface area contributed by atoms with E-state index in [1.54, 1.807) is 12.4 Å². The maximum absolute atomic E-state index is 5.90. The summed E-state index contributed by atoms with van der Waals surface area (Å²) in [6.07, 6.45) is 4.30. The zero-order valence-corrected chi connectivity index (χ0v) is 11.7. The third kappa shape index (κ3) is 3.38. The van der Waals surface area contributed by atoms with Gasteiger partial charge in [-0.2, -0.15) is 0 Å². The molecule has 2 aromatic heterocycles. The Morgan fingerprint density at radius 3 is 2.68 bits per heavy atom. The van der Waals surface area contributed by atoms with Crippen LogP contribution in [0.5, 0.6) is 0 Å². The maximum atomic E-state index is 5.90. The molecule has 2 aromatic rings. The smallest absolute Gasteiger partial charge is 0.180 e. The van der Waals surface area contributed by atoms with Crippen LogP contribution in [0.2, 0.25) is 0 Å². The summed E-state index contributed by atoms with van der Waals surface area (Å²) in [6.45, 7) is 7.06. The highest BCUT2D eigenvalue weighted by atomic mass is 15.1. The second kappa shape index (κ2) is 5.48. The average molecular weight is 259 g/mol. The van der Waals surface area contributed by atoms with Gasteiger partial charge in [-0.15, -0.1) is 0 Å². The molecule has 0 saturated carbocycles. The lowest BCUT2D eigenvalue weighted by Gasteiger charge is -2.31. The van der Waals surface area contributed by atoms with Gasteiger partial charge in [0.1, 0.15) is 11.3 Å². The zero-order valence-electron chi connectivity index (χ0n) is 11.7. The molecule has 19 heavy (non-hydrogen) atoms. The normalized spacial score (nSPS) is 14.6. The molecule has 5 nitrogen and oxygen atoms in total. The molecular formula is C14H21N5. The van der Waals surface area contributed by atoms with Gasteiger partial charge in [-0.1, -0.05) is 13.8 Å². The molecule has 1 unspecified atom stereocenters. The number of pyridine rings is 1. The van der Waals surface area contributed by atoms with Crippen LogP contribution in [-0.4, -0.2) is 27.0 Å². The summed E-state index contributed by atoms with van der Waals surface area (Å²) in [5, 5.41) is 3.42. The molecule has 0 aliphatic heterocycles. The molecule has 0 saturated heterocycles. The van der Waals surface area contributed by atoms with Gasteiger partial charge in [0.05, 0.1) is 0 Å². The molecule has 2 heterocycles. The minimum absolute atomic E-state index is 0.156. The quantitative estimate of drug-likeness (QED) is 0.860. The molecule has 0 aromatic carbocycles. The zero-order chi connectivity index (χ0) is 13.9. The van der Waals surface area contributed by atoms with Gasteiger partial charge in [-0.3, -0.25) is 4.98 Å². The minimum Gasteiger partial charge on any atom is -0.364 e. The molecule has 0 aliphatic carbocycles. The van der Waals surface area contributed by atoms with E-state index < -0.39 is 0 Å². The van der Waals surface area contributed by atoms with Crippen LogP contribution >= 0.6 is 0 Å². The van der Waals surface area contributed by atoms with E-state index in [4.69, 9.17) is 5.73 Å². The van der Waals surface area contributed by atoms with Crippen molar-refractivity contribution in [2.24, 2.45) is 11.7 Å². The van der Waals surface area contributed by atoms with Gasteiger partial charge >= 0.3 is 0 Å². The summed E-state index contributed by atoms with van der Waals surface area (Å²) in [6, 6.07) is 3.84. The Bertz CT molecular complexity index is 554. The molecule has 0 amide bonds. The lowest BCUT2D eigenvalue weighted by Crippen LogP contribution is -2.43. The third-order valence-corrected chi connectivity index (χ3v) is 3.07.